The van der Waals surface area contributed by atoms with Crippen molar-refractivity contribution < 1.29 is 19.7 Å². The van der Waals surface area contributed by atoms with E-state index in [9.17, 15) is 10.2 Å². The predicted molar refractivity (Wildman–Crippen MR) is 81.2 cm³/mol. The third-order valence-corrected chi connectivity index (χ3v) is 4.37. The number of nitrogens with zero attached hydrogens (tertiary/aromatic N) is 4. The summed E-state index contributed by atoms with van der Waals surface area (Å²) < 4.78 is 13.0. The van der Waals surface area contributed by atoms with Gasteiger partial charge in [-0.15, -0.1) is 0 Å². The van der Waals surface area contributed by atoms with Crippen molar-refractivity contribution in [1.82, 2.24) is 19.5 Å². The lowest BCUT2D eigenvalue weighted by Gasteiger charge is -2.32. The molecule has 0 aromatic carbocycles. The molecule has 0 aliphatic carbocycles. The van der Waals surface area contributed by atoms with Crippen molar-refractivity contribution in [3.8, 4) is 0 Å². The van der Waals surface area contributed by atoms with Crippen LogP contribution >= 0.6 is 0 Å². The van der Waals surface area contributed by atoms with Crippen LogP contribution in [0.4, 0.5) is 11.8 Å². The van der Waals surface area contributed by atoms with Crippen molar-refractivity contribution in [3.63, 3.8) is 0 Å². The normalized spacial score (nSPS) is 34.3. The Morgan fingerprint density at radius 3 is 2.70 bits per heavy atom. The Balaban J connectivity index is 2.20. The highest BCUT2D eigenvalue weighted by molar-refractivity contribution is 5.82. The van der Waals surface area contributed by atoms with Crippen LogP contribution in [0.1, 0.15) is 13.8 Å². The van der Waals surface area contributed by atoms with Crippen LogP contribution in [0, 0.1) is 0 Å². The van der Waals surface area contributed by atoms with Gasteiger partial charge in [0.25, 0.3) is 0 Å². The molecule has 10 nitrogen and oxygen atoms in total. The van der Waals surface area contributed by atoms with Gasteiger partial charge in [0.2, 0.25) is 5.95 Å². The lowest BCUT2D eigenvalue weighted by molar-refractivity contribution is -0.174. The number of hydrogen-bond donors (Lipinski definition) is 4. The summed E-state index contributed by atoms with van der Waals surface area (Å²) in [6.45, 7) is 2.93. The van der Waals surface area contributed by atoms with Crippen LogP contribution in [0.5, 0.6) is 0 Å². The molecule has 4 unspecified atom stereocenters. The molecule has 3 heterocycles. The molecule has 1 aliphatic rings. The number of aliphatic hydroxyl groups is 2. The molecule has 23 heavy (non-hydrogen) atoms. The molecule has 6 N–H and O–H groups in total. The second-order valence-electron chi connectivity index (χ2n) is 5.98. The van der Waals surface area contributed by atoms with E-state index in [1.807, 2.05) is 0 Å². The van der Waals surface area contributed by atoms with Crippen molar-refractivity contribution in [2.45, 2.75) is 37.4 Å². The Morgan fingerprint density at radius 1 is 1.39 bits per heavy atom. The molecule has 0 radical (unpaired) electrons. The number of rotatable bonds is 3. The van der Waals surface area contributed by atoms with Crippen molar-refractivity contribution in [3.05, 3.63) is 6.33 Å². The topological polar surface area (TPSA) is 155 Å². The molecule has 0 saturated carbocycles. The summed E-state index contributed by atoms with van der Waals surface area (Å²) in [7, 11) is 1.45. The second kappa shape index (κ2) is 4.99. The molecular weight excluding hydrogens is 304 g/mol. The summed E-state index contributed by atoms with van der Waals surface area (Å²) >= 11 is 0. The molecule has 126 valence electrons. The van der Waals surface area contributed by atoms with Crippen LogP contribution < -0.4 is 11.5 Å². The van der Waals surface area contributed by atoms with E-state index < -0.39 is 23.5 Å². The summed E-state index contributed by atoms with van der Waals surface area (Å²) in [5.41, 5.74) is 9.83. The van der Waals surface area contributed by atoms with Gasteiger partial charge in [0.1, 0.15) is 23.3 Å². The summed E-state index contributed by atoms with van der Waals surface area (Å²) in [5, 5.41) is 20.1. The molecule has 1 fully saturated rings. The first kappa shape index (κ1) is 15.9. The van der Waals surface area contributed by atoms with E-state index in [1.165, 1.54) is 13.4 Å². The first-order valence-corrected chi connectivity index (χ1v) is 7.05. The summed E-state index contributed by atoms with van der Waals surface area (Å²) in [5.74, 6) is 0.144. The van der Waals surface area contributed by atoms with Crippen LogP contribution in [0.2, 0.25) is 0 Å². The molecule has 0 amide bonds. The van der Waals surface area contributed by atoms with Gasteiger partial charge in [-0.3, -0.25) is 4.57 Å². The van der Waals surface area contributed by atoms with Crippen molar-refractivity contribution >= 4 is 22.9 Å². The minimum absolute atomic E-state index is 0.00205. The molecule has 0 spiro atoms. The largest absolute Gasteiger partial charge is 0.393 e. The van der Waals surface area contributed by atoms with Gasteiger partial charge in [-0.1, -0.05) is 0 Å². The van der Waals surface area contributed by atoms with Gasteiger partial charge in [0, 0.05) is 7.11 Å². The van der Waals surface area contributed by atoms with Gasteiger partial charge in [-0.05, 0) is 13.8 Å². The van der Waals surface area contributed by atoms with E-state index in [4.69, 9.17) is 20.9 Å². The average Bonchev–Trinajstić information content (AvgIpc) is 2.99. The molecule has 3 rings (SSSR count). The third-order valence-electron chi connectivity index (χ3n) is 4.37. The minimum atomic E-state index is -1.20. The van der Waals surface area contributed by atoms with Gasteiger partial charge in [0.15, 0.2) is 17.2 Å². The first-order valence-electron chi connectivity index (χ1n) is 7.05. The Bertz CT molecular complexity index is 751. The van der Waals surface area contributed by atoms with Crippen LogP contribution in [0.3, 0.4) is 0 Å². The smallest absolute Gasteiger partial charge is 0.224 e. The number of nitrogen functional groups attached to an aromatic ring is 2. The zero-order chi connectivity index (χ0) is 17.0. The summed E-state index contributed by atoms with van der Waals surface area (Å²) in [6, 6.07) is 0. The van der Waals surface area contributed by atoms with E-state index in [1.54, 1.807) is 18.4 Å². The molecular formula is C13H20N6O4. The molecule has 2 aromatic heterocycles. The lowest BCUT2D eigenvalue weighted by atomic mass is 9.95. The van der Waals surface area contributed by atoms with Crippen molar-refractivity contribution in [1.29, 1.82) is 0 Å². The highest BCUT2D eigenvalue weighted by Crippen LogP contribution is 2.44. The Labute approximate surface area is 132 Å². The monoisotopic (exact) mass is 324 g/mol. The minimum Gasteiger partial charge on any atom is -0.393 e. The number of hydrogen-bond acceptors (Lipinski definition) is 9. The van der Waals surface area contributed by atoms with Crippen LogP contribution in [-0.2, 0) is 15.2 Å². The van der Waals surface area contributed by atoms with Gasteiger partial charge in [0.05, 0.1) is 12.9 Å². The quantitative estimate of drug-likeness (QED) is 0.546. The number of aromatic nitrogens is 4. The number of imidazole rings is 1. The predicted octanol–water partition coefficient (Wildman–Crippen LogP) is -1.18. The third kappa shape index (κ3) is 2.06. The summed E-state index contributed by atoms with van der Waals surface area (Å²) in [6.07, 6.45) is -0.359. The molecule has 1 saturated heterocycles. The van der Waals surface area contributed by atoms with E-state index in [0.29, 0.717) is 11.2 Å². The van der Waals surface area contributed by atoms with Crippen LogP contribution in [0.25, 0.3) is 11.2 Å². The standard InChI is InChI=1S/C13H20N6O4/c1-12(4-20)7(21)8(22-3)13(2,23-12)19-5-16-6-9(14)17-11(15)18-10(6)19/h5,7-8,20-21H,4H2,1-3H3,(H4,14,15,17,18). The van der Waals surface area contributed by atoms with Gasteiger partial charge >= 0.3 is 0 Å². The number of anilines is 2. The summed E-state index contributed by atoms with van der Waals surface area (Å²) in [4.78, 5) is 12.2. The maximum atomic E-state index is 10.5. The molecule has 2 aromatic rings. The van der Waals surface area contributed by atoms with E-state index in [-0.39, 0.29) is 18.4 Å². The SMILES string of the molecule is COC1C(O)C(C)(CO)OC1(C)n1cnc2c(N)nc(N)nc21. The van der Waals surface area contributed by atoms with E-state index >= 15 is 0 Å². The number of ether oxygens (including phenoxy) is 2. The maximum Gasteiger partial charge on any atom is 0.224 e. The Hall–Kier alpha value is -2.01. The fraction of sp³-hybridized carbons (Fsp3) is 0.615. The van der Waals surface area contributed by atoms with Crippen molar-refractivity contribution in [2.24, 2.45) is 0 Å². The van der Waals surface area contributed by atoms with Gasteiger partial charge < -0.3 is 31.2 Å². The molecule has 4 atom stereocenters. The van der Waals surface area contributed by atoms with Gasteiger partial charge in [-0.25, -0.2) is 4.98 Å². The highest BCUT2D eigenvalue weighted by Gasteiger charge is 2.60. The molecule has 0 bridgehead atoms. The molecule has 1 aliphatic heterocycles. The number of fused-ring (bicyclic) bond motifs is 1. The lowest BCUT2D eigenvalue weighted by Crippen LogP contribution is -2.45. The zero-order valence-electron chi connectivity index (χ0n) is 13.1. The highest BCUT2D eigenvalue weighted by atomic mass is 16.6. The fourth-order valence-corrected chi connectivity index (χ4v) is 3.13. The zero-order valence-corrected chi connectivity index (χ0v) is 13.1. The van der Waals surface area contributed by atoms with Gasteiger partial charge in [-0.2, -0.15) is 9.97 Å². The Morgan fingerprint density at radius 2 is 2.09 bits per heavy atom. The van der Waals surface area contributed by atoms with Crippen LogP contribution in [-0.4, -0.2) is 61.3 Å². The number of methoxy groups -OCH3 is 1. The van der Waals surface area contributed by atoms with E-state index in [2.05, 4.69) is 15.0 Å². The molecule has 10 heteroatoms. The second-order valence-corrected chi connectivity index (χ2v) is 5.98. The maximum absolute atomic E-state index is 10.5. The van der Waals surface area contributed by atoms with Crippen molar-refractivity contribution in [2.75, 3.05) is 25.2 Å². The first-order chi connectivity index (χ1) is 10.8. The van der Waals surface area contributed by atoms with Crippen LogP contribution in [0.15, 0.2) is 6.33 Å². The Kier molecular flexibility index (Phi) is 3.45. The number of aliphatic hydroxyl groups excluding tert-OH is 2. The average molecular weight is 324 g/mol. The fourth-order valence-electron chi connectivity index (χ4n) is 3.13. The number of nitrogens with two attached hydrogens (primary N) is 2. The van der Waals surface area contributed by atoms with E-state index in [0.717, 1.165) is 0 Å².